The van der Waals surface area contributed by atoms with Crippen molar-refractivity contribution in [3.8, 4) is 0 Å². The van der Waals surface area contributed by atoms with Crippen LogP contribution in [0.2, 0.25) is 0 Å². The summed E-state index contributed by atoms with van der Waals surface area (Å²) in [5.74, 6) is 1.04. The zero-order chi connectivity index (χ0) is 13.7. The highest BCUT2D eigenvalue weighted by molar-refractivity contribution is 5.31. The fourth-order valence-electron chi connectivity index (χ4n) is 2.82. The van der Waals surface area contributed by atoms with Gasteiger partial charge in [-0.25, -0.2) is 4.98 Å². The molecule has 19 heavy (non-hydrogen) atoms. The summed E-state index contributed by atoms with van der Waals surface area (Å²) in [7, 11) is 1.76. The average molecular weight is 265 g/mol. The zero-order valence-electron chi connectivity index (χ0n) is 12.5. The van der Waals surface area contributed by atoms with E-state index in [0.717, 1.165) is 24.7 Å². The fraction of sp³-hybridized carbons (Fsp3) is 0.800. The van der Waals surface area contributed by atoms with E-state index in [-0.39, 0.29) is 0 Å². The molecular formula is C15H27N3O. The van der Waals surface area contributed by atoms with Crippen molar-refractivity contribution in [1.29, 1.82) is 0 Å². The number of ether oxygens (including phenoxy) is 1. The molecule has 0 bridgehead atoms. The summed E-state index contributed by atoms with van der Waals surface area (Å²) in [6.45, 7) is 5.08. The van der Waals surface area contributed by atoms with Crippen LogP contribution < -0.4 is 5.32 Å². The highest BCUT2D eigenvalue weighted by Gasteiger charge is 2.17. The van der Waals surface area contributed by atoms with Crippen LogP contribution in [0, 0.1) is 6.92 Å². The summed E-state index contributed by atoms with van der Waals surface area (Å²) in [5.41, 5.74) is 1.09. The molecule has 4 heteroatoms. The van der Waals surface area contributed by atoms with Crippen LogP contribution in [-0.2, 0) is 4.74 Å². The summed E-state index contributed by atoms with van der Waals surface area (Å²) >= 11 is 0. The molecule has 1 unspecified atom stereocenters. The number of imidazole rings is 1. The Hall–Kier alpha value is -1.03. The molecule has 0 aliphatic heterocycles. The van der Waals surface area contributed by atoms with Crippen LogP contribution in [0.4, 0.5) is 5.95 Å². The lowest BCUT2D eigenvalue weighted by atomic mass is 9.96. The molecule has 2 rings (SSSR count). The van der Waals surface area contributed by atoms with Gasteiger partial charge >= 0.3 is 0 Å². The van der Waals surface area contributed by atoms with Crippen molar-refractivity contribution < 1.29 is 4.74 Å². The maximum absolute atomic E-state index is 5.18. The third-order valence-corrected chi connectivity index (χ3v) is 4.01. The van der Waals surface area contributed by atoms with E-state index in [2.05, 4.69) is 34.9 Å². The number of anilines is 1. The Morgan fingerprint density at radius 3 is 2.84 bits per heavy atom. The molecule has 1 fully saturated rings. The largest absolute Gasteiger partial charge is 0.385 e. The third-order valence-electron chi connectivity index (χ3n) is 4.01. The van der Waals surface area contributed by atoms with E-state index in [1.54, 1.807) is 7.11 Å². The third kappa shape index (κ3) is 3.96. The van der Waals surface area contributed by atoms with Crippen molar-refractivity contribution in [3.63, 3.8) is 0 Å². The normalized spacial score (nSPS) is 18.5. The molecule has 1 aliphatic carbocycles. The molecule has 1 aliphatic rings. The summed E-state index contributed by atoms with van der Waals surface area (Å²) < 4.78 is 7.44. The van der Waals surface area contributed by atoms with Gasteiger partial charge in [-0.1, -0.05) is 19.3 Å². The molecule has 1 aromatic rings. The van der Waals surface area contributed by atoms with E-state index in [1.165, 1.54) is 32.1 Å². The summed E-state index contributed by atoms with van der Waals surface area (Å²) in [6, 6.07) is 1.02. The van der Waals surface area contributed by atoms with Gasteiger partial charge in [-0.3, -0.25) is 0 Å². The summed E-state index contributed by atoms with van der Waals surface area (Å²) in [4.78, 5) is 4.64. The number of aromatic nitrogens is 2. The Bertz CT molecular complexity index is 383. The predicted octanol–water partition coefficient (Wildman–Crippen LogP) is 3.53. The Kier molecular flexibility index (Phi) is 5.25. The van der Waals surface area contributed by atoms with Crippen LogP contribution in [0.15, 0.2) is 6.20 Å². The van der Waals surface area contributed by atoms with Gasteiger partial charge in [0.1, 0.15) is 0 Å². The predicted molar refractivity (Wildman–Crippen MR) is 78.7 cm³/mol. The van der Waals surface area contributed by atoms with Crippen molar-refractivity contribution >= 4 is 5.95 Å². The molecule has 1 saturated carbocycles. The van der Waals surface area contributed by atoms with E-state index >= 15 is 0 Å². The molecular weight excluding hydrogens is 238 g/mol. The minimum Gasteiger partial charge on any atom is -0.385 e. The van der Waals surface area contributed by atoms with Gasteiger partial charge in [-0.15, -0.1) is 0 Å². The van der Waals surface area contributed by atoms with Gasteiger partial charge in [-0.2, -0.15) is 0 Å². The van der Waals surface area contributed by atoms with E-state index in [4.69, 9.17) is 4.74 Å². The van der Waals surface area contributed by atoms with Gasteiger partial charge in [0.25, 0.3) is 0 Å². The SMILES string of the molecule is COCCC(C)n1cc(C)nc1NC1CCCCC1. The van der Waals surface area contributed by atoms with E-state index in [9.17, 15) is 0 Å². The fourth-order valence-corrected chi connectivity index (χ4v) is 2.82. The van der Waals surface area contributed by atoms with Crippen LogP contribution >= 0.6 is 0 Å². The molecule has 0 amide bonds. The number of methoxy groups -OCH3 is 1. The van der Waals surface area contributed by atoms with Crippen LogP contribution in [0.5, 0.6) is 0 Å². The highest BCUT2D eigenvalue weighted by atomic mass is 16.5. The number of aryl methyl sites for hydroxylation is 1. The second kappa shape index (κ2) is 6.94. The van der Waals surface area contributed by atoms with E-state index < -0.39 is 0 Å². The number of hydrogen-bond acceptors (Lipinski definition) is 3. The van der Waals surface area contributed by atoms with Crippen molar-refractivity contribution in [2.45, 2.75) is 64.5 Å². The second-order valence-electron chi connectivity index (χ2n) is 5.72. The number of nitrogens with zero attached hydrogens (tertiary/aromatic N) is 2. The van der Waals surface area contributed by atoms with Crippen LogP contribution in [0.3, 0.4) is 0 Å². The molecule has 0 aromatic carbocycles. The van der Waals surface area contributed by atoms with Gasteiger partial charge in [-0.05, 0) is 33.1 Å². The Labute approximate surface area is 116 Å². The van der Waals surface area contributed by atoms with E-state index in [0.29, 0.717) is 12.1 Å². The number of hydrogen-bond donors (Lipinski definition) is 1. The standard InChI is InChI=1S/C15H27N3O/c1-12-11-18(13(2)9-10-19-3)15(16-12)17-14-7-5-4-6-8-14/h11,13-14H,4-10H2,1-3H3,(H,16,17). The van der Waals surface area contributed by atoms with Crippen molar-refractivity contribution in [2.75, 3.05) is 19.0 Å². The molecule has 108 valence electrons. The molecule has 1 aromatic heterocycles. The number of rotatable bonds is 6. The lowest BCUT2D eigenvalue weighted by Gasteiger charge is -2.25. The molecule has 0 radical (unpaired) electrons. The molecule has 4 nitrogen and oxygen atoms in total. The zero-order valence-corrected chi connectivity index (χ0v) is 12.5. The van der Waals surface area contributed by atoms with Gasteiger partial charge < -0.3 is 14.6 Å². The van der Waals surface area contributed by atoms with Crippen molar-refractivity contribution in [3.05, 3.63) is 11.9 Å². The lowest BCUT2D eigenvalue weighted by molar-refractivity contribution is 0.181. The Morgan fingerprint density at radius 1 is 1.42 bits per heavy atom. The molecule has 1 atom stereocenters. The second-order valence-corrected chi connectivity index (χ2v) is 5.72. The topological polar surface area (TPSA) is 39.1 Å². The smallest absolute Gasteiger partial charge is 0.203 e. The van der Waals surface area contributed by atoms with Crippen LogP contribution in [-0.4, -0.2) is 29.3 Å². The lowest BCUT2D eigenvalue weighted by Crippen LogP contribution is -2.25. The molecule has 0 spiro atoms. The average Bonchev–Trinajstić information content (AvgIpc) is 2.78. The number of nitrogens with one attached hydrogen (secondary N) is 1. The first-order valence-electron chi connectivity index (χ1n) is 7.51. The molecule has 0 saturated heterocycles. The summed E-state index contributed by atoms with van der Waals surface area (Å²) in [5, 5.41) is 3.64. The maximum atomic E-state index is 5.18. The molecule has 1 heterocycles. The molecule has 1 N–H and O–H groups in total. The maximum Gasteiger partial charge on any atom is 0.203 e. The van der Waals surface area contributed by atoms with Crippen molar-refractivity contribution in [2.24, 2.45) is 0 Å². The Morgan fingerprint density at radius 2 is 2.16 bits per heavy atom. The highest BCUT2D eigenvalue weighted by Crippen LogP contribution is 2.24. The van der Waals surface area contributed by atoms with Gasteiger partial charge in [0.15, 0.2) is 0 Å². The monoisotopic (exact) mass is 265 g/mol. The van der Waals surface area contributed by atoms with Gasteiger partial charge in [0.05, 0.1) is 5.69 Å². The van der Waals surface area contributed by atoms with Crippen LogP contribution in [0.25, 0.3) is 0 Å². The first-order chi connectivity index (χ1) is 9.20. The van der Waals surface area contributed by atoms with E-state index in [1.807, 2.05) is 0 Å². The minimum atomic E-state index is 0.423. The quantitative estimate of drug-likeness (QED) is 0.855. The van der Waals surface area contributed by atoms with Crippen molar-refractivity contribution in [1.82, 2.24) is 9.55 Å². The summed E-state index contributed by atoms with van der Waals surface area (Å²) in [6.07, 6.45) is 9.79. The van der Waals surface area contributed by atoms with Gasteiger partial charge in [0, 0.05) is 32.0 Å². The first-order valence-corrected chi connectivity index (χ1v) is 7.51. The van der Waals surface area contributed by atoms with Crippen LogP contribution in [0.1, 0.15) is 57.2 Å². The van der Waals surface area contributed by atoms with Gasteiger partial charge in [0.2, 0.25) is 5.95 Å². The first kappa shape index (κ1) is 14.4. The minimum absolute atomic E-state index is 0.423. The Balaban J connectivity index is 2.02.